The second-order valence-corrected chi connectivity index (χ2v) is 7.17. The lowest BCUT2D eigenvalue weighted by Gasteiger charge is -2.11. The molecule has 9 heteroatoms. The summed E-state index contributed by atoms with van der Waals surface area (Å²) in [6.45, 7) is 2.43. The van der Waals surface area contributed by atoms with Gasteiger partial charge in [-0.25, -0.2) is 0 Å². The monoisotopic (exact) mass is 389 g/mol. The molecule has 1 aromatic heterocycles. The summed E-state index contributed by atoms with van der Waals surface area (Å²) < 4.78 is 7.56. The first-order chi connectivity index (χ1) is 13.1. The number of hydrogen-bond donors (Lipinski definition) is 2. The maximum absolute atomic E-state index is 12.4. The highest BCUT2D eigenvalue weighted by atomic mass is 32.2. The third-order valence-electron chi connectivity index (χ3n) is 4.04. The minimum Gasteiger partial charge on any atom is -0.492 e. The van der Waals surface area contributed by atoms with Gasteiger partial charge in [0.15, 0.2) is 5.16 Å². The fourth-order valence-electron chi connectivity index (χ4n) is 2.68. The Labute approximate surface area is 161 Å². The number of primary amides is 1. The number of carbonyl (C=O) groups excluding carboxylic acids is 2. The molecule has 0 radical (unpaired) electrons. The topological polar surface area (TPSA) is 112 Å². The smallest absolute Gasteiger partial charge is 0.234 e. The summed E-state index contributed by atoms with van der Waals surface area (Å²) in [4.78, 5) is 23.4. The van der Waals surface area contributed by atoms with Crippen molar-refractivity contribution < 1.29 is 14.3 Å². The van der Waals surface area contributed by atoms with Crippen molar-refractivity contribution in [2.24, 2.45) is 5.73 Å². The molecule has 1 heterocycles. The molecule has 144 valence electrons. The fourth-order valence-corrected chi connectivity index (χ4v) is 3.50. The first-order valence-electron chi connectivity index (χ1n) is 8.95. The minimum atomic E-state index is -0.359. The zero-order chi connectivity index (χ0) is 19.2. The number of nitrogens with one attached hydrogen (secondary N) is 1. The van der Waals surface area contributed by atoms with Gasteiger partial charge in [0.1, 0.15) is 11.6 Å². The van der Waals surface area contributed by atoms with Crippen LogP contribution in [-0.4, -0.2) is 38.9 Å². The Bertz CT molecular complexity index is 819. The van der Waals surface area contributed by atoms with Crippen molar-refractivity contribution in [3.63, 3.8) is 0 Å². The summed E-state index contributed by atoms with van der Waals surface area (Å²) >= 11 is 1.34. The summed E-state index contributed by atoms with van der Waals surface area (Å²) in [6.07, 6.45) is 2.82. The van der Waals surface area contributed by atoms with Crippen LogP contribution in [0.5, 0.6) is 5.75 Å². The molecule has 2 amide bonds. The van der Waals surface area contributed by atoms with Gasteiger partial charge < -0.3 is 20.4 Å². The molecular weight excluding hydrogens is 366 g/mol. The number of hydrogen-bond acceptors (Lipinski definition) is 6. The van der Waals surface area contributed by atoms with Crippen LogP contribution in [0.15, 0.2) is 29.4 Å². The maximum atomic E-state index is 12.4. The number of aromatic nitrogens is 3. The van der Waals surface area contributed by atoms with Crippen molar-refractivity contribution in [3.8, 4) is 5.75 Å². The highest BCUT2D eigenvalue weighted by Crippen LogP contribution is 2.39. The number of nitrogens with two attached hydrogens (primary N) is 1. The molecule has 27 heavy (non-hydrogen) atoms. The third kappa shape index (κ3) is 5.22. The molecule has 0 atom stereocenters. The van der Waals surface area contributed by atoms with Gasteiger partial charge in [-0.3, -0.25) is 9.59 Å². The predicted octanol–water partition coefficient (Wildman–Crippen LogP) is 2.16. The van der Waals surface area contributed by atoms with Gasteiger partial charge in [0.2, 0.25) is 11.8 Å². The molecule has 0 unspecified atom stereocenters. The highest BCUT2D eigenvalue weighted by molar-refractivity contribution is 7.99. The number of thioether (sulfide) groups is 1. The molecule has 1 fully saturated rings. The molecule has 1 aromatic carbocycles. The Balaban J connectivity index is 1.61. The Morgan fingerprint density at radius 3 is 2.81 bits per heavy atom. The van der Waals surface area contributed by atoms with E-state index in [1.165, 1.54) is 11.8 Å². The lowest BCUT2D eigenvalue weighted by Crippen LogP contribution is -2.16. The fraction of sp³-hybridized carbons (Fsp3) is 0.444. The van der Waals surface area contributed by atoms with Gasteiger partial charge in [-0.2, -0.15) is 0 Å². The zero-order valence-electron chi connectivity index (χ0n) is 15.2. The minimum absolute atomic E-state index is 0.142. The number of nitrogens with zero attached hydrogens (tertiary/aromatic N) is 3. The van der Waals surface area contributed by atoms with Crippen LogP contribution in [0.2, 0.25) is 0 Å². The summed E-state index contributed by atoms with van der Waals surface area (Å²) in [6, 6.07) is 7.69. The van der Waals surface area contributed by atoms with Gasteiger partial charge in [0.25, 0.3) is 0 Å². The summed E-state index contributed by atoms with van der Waals surface area (Å²) in [5.74, 6) is 1.11. The number of benzene rings is 1. The van der Waals surface area contributed by atoms with Crippen LogP contribution in [0, 0.1) is 0 Å². The Morgan fingerprint density at radius 1 is 1.33 bits per heavy atom. The van der Waals surface area contributed by atoms with Crippen molar-refractivity contribution in [1.82, 2.24) is 14.8 Å². The van der Waals surface area contributed by atoms with E-state index in [9.17, 15) is 9.59 Å². The van der Waals surface area contributed by atoms with Gasteiger partial charge in [-0.05, 0) is 31.9 Å². The van der Waals surface area contributed by atoms with Crippen molar-refractivity contribution >= 4 is 29.3 Å². The molecule has 1 saturated carbocycles. The van der Waals surface area contributed by atoms with Crippen LogP contribution >= 0.6 is 11.8 Å². The lowest BCUT2D eigenvalue weighted by molar-refractivity contribution is -0.118. The van der Waals surface area contributed by atoms with E-state index in [1.54, 1.807) is 0 Å². The normalized spacial score (nSPS) is 13.4. The Morgan fingerprint density at radius 2 is 2.11 bits per heavy atom. The first kappa shape index (κ1) is 19.2. The maximum Gasteiger partial charge on any atom is 0.234 e. The van der Waals surface area contributed by atoms with Gasteiger partial charge in [-0.1, -0.05) is 23.9 Å². The number of carbonyl (C=O) groups is 2. The van der Waals surface area contributed by atoms with Crippen LogP contribution in [0.4, 0.5) is 5.69 Å². The van der Waals surface area contributed by atoms with Crippen molar-refractivity contribution in [3.05, 3.63) is 30.1 Å². The van der Waals surface area contributed by atoms with E-state index < -0.39 is 0 Å². The number of ether oxygens (including phenoxy) is 1. The van der Waals surface area contributed by atoms with Gasteiger partial charge in [0.05, 0.1) is 18.0 Å². The van der Waals surface area contributed by atoms with E-state index in [4.69, 9.17) is 10.5 Å². The average Bonchev–Trinajstić information content (AvgIpc) is 3.40. The van der Waals surface area contributed by atoms with Crippen molar-refractivity contribution in [1.29, 1.82) is 0 Å². The van der Waals surface area contributed by atoms with E-state index in [1.807, 2.05) is 35.8 Å². The number of rotatable bonds is 10. The molecule has 2 aromatic rings. The number of anilines is 1. The summed E-state index contributed by atoms with van der Waals surface area (Å²) in [5.41, 5.74) is 5.88. The molecule has 1 aliphatic carbocycles. The number of amides is 2. The third-order valence-corrected chi connectivity index (χ3v) is 4.98. The molecule has 8 nitrogen and oxygen atoms in total. The van der Waals surface area contributed by atoms with Crippen LogP contribution in [0.3, 0.4) is 0 Å². The van der Waals surface area contributed by atoms with E-state index >= 15 is 0 Å². The van der Waals surface area contributed by atoms with Crippen LogP contribution in [-0.2, 0) is 16.0 Å². The van der Waals surface area contributed by atoms with Crippen molar-refractivity contribution in [2.45, 2.75) is 43.8 Å². The van der Waals surface area contributed by atoms with Crippen molar-refractivity contribution in [2.75, 3.05) is 17.7 Å². The standard InChI is InChI=1S/C18H23N5O3S/c1-2-26-14-6-4-3-5-13(14)20-17(25)11-27-18-22-21-16(10-9-15(19)24)23(18)12-7-8-12/h3-6,12H,2,7-11H2,1H3,(H2,19,24)(H,20,25). The van der Waals surface area contributed by atoms with E-state index in [2.05, 4.69) is 15.5 Å². The predicted molar refractivity (Wildman–Crippen MR) is 103 cm³/mol. The van der Waals surface area contributed by atoms with Gasteiger partial charge >= 0.3 is 0 Å². The second-order valence-electron chi connectivity index (χ2n) is 6.23. The molecule has 0 saturated heterocycles. The number of para-hydroxylation sites is 2. The van der Waals surface area contributed by atoms with E-state index in [0.717, 1.165) is 18.7 Å². The van der Waals surface area contributed by atoms with Gasteiger partial charge in [-0.15, -0.1) is 10.2 Å². The molecule has 0 bridgehead atoms. The average molecular weight is 389 g/mol. The largest absolute Gasteiger partial charge is 0.492 e. The van der Waals surface area contributed by atoms with Gasteiger partial charge in [0, 0.05) is 18.9 Å². The molecule has 1 aliphatic rings. The van der Waals surface area contributed by atoms with Crippen LogP contribution in [0.25, 0.3) is 0 Å². The highest BCUT2D eigenvalue weighted by Gasteiger charge is 2.29. The lowest BCUT2D eigenvalue weighted by atomic mass is 10.3. The Kier molecular flexibility index (Phi) is 6.33. The molecule has 0 spiro atoms. The molecule has 0 aliphatic heterocycles. The summed E-state index contributed by atoms with van der Waals surface area (Å²) in [5, 5.41) is 12.0. The molecule has 3 rings (SSSR count). The SMILES string of the molecule is CCOc1ccccc1NC(=O)CSc1nnc(CCC(N)=O)n1C1CC1. The van der Waals surface area contributed by atoms with Crippen LogP contribution < -0.4 is 15.8 Å². The van der Waals surface area contributed by atoms with E-state index in [-0.39, 0.29) is 24.0 Å². The molecule has 3 N–H and O–H groups in total. The second kappa shape index (κ2) is 8.90. The molecular formula is C18H23N5O3S. The Hall–Kier alpha value is -2.55. The van der Waals surface area contributed by atoms with E-state index in [0.29, 0.717) is 35.7 Å². The van der Waals surface area contributed by atoms with Crippen LogP contribution in [0.1, 0.15) is 38.1 Å². The quantitative estimate of drug-likeness (QED) is 0.602. The first-order valence-corrected chi connectivity index (χ1v) is 9.93. The number of aryl methyl sites for hydroxylation is 1. The summed E-state index contributed by atoms with van der Waals surface area (Å²) in [7, 11) is 0. The zero-order valence-corrected chi connectivity index (χ0v) is 16.0.